The SMILES string of the molecule is COc1cc(OC)c(C(=O)N(C)CC(C)N)cc1OC. The van der Waals surface area contributed by atoms with E-state index in [-0.39, 0.29) is 11.9 Å². The molecule has 0 saturated heterocycles. The van der Waals surface area contributed by atoms with E-state index >= 15 is 0 Å². The van der Waals surface area contributed by atoms with Gasteiger partial charge in [-0.1, -0.05) is 0 Å². The average Bonchev–Trinajstić information content (AvgIpc) is 2.44. The fourth-order valence-electron chi connectivity index (χ4n) is 1.92. The zero-order valence-corrected chi connectivity index (χ0v) is 12.6. The number of methoxy groups -OCH3 is 3. The molecule has 0 aliphatic carbocycles. The van der Waals surface area contributed by atoms with Crippen molar-refractivity contribution in [2.24, 2.45) is 5.73 Å². The maximum atomic E-state index is 12.4. The number of nitrogens with two attached hydrogens (primary N) is 1. The van der Waals surface area contributed by atoms with Crippen LogP contribution in [-0.4, -0.2) is 51.8 Å². The van der Waals surface area contributed by atoms with Gasteiger partial charge < -0.3 is 24.8 Å². The molecular formula is C14H22N2O4. The normalized spacial score (nSPS) is 11.7. The van der Waals surface area contributed by atoms with Gasteiger partial charge in [-0.05, 0) is 6.92 Å². The molecule has 1 unspecified atom stereocenters. The highest BCUT2D eigenvalue weighted by Gasteiger charge is 2.21. The van der Waals surface area contributed by atoms with Crippen molar-refractivity contribution in [3.8, 4) is 17.2 Å². The van der Waals surface area contributed by atoms with E-state index in [4.69, 9.17) is 19.9 Å². The van der Waals surface area contributed by atoms with E-state index in [9.17, 15) is 4.79 Å². The molecule has 1 aromatic carbocycles. The molecular weight excluding hydrogens is 260 g/mol. The third-order valence-corrected chi connectivity index (χ3v) is 2.84. The van der Waals surface area contributed by atoms with Gasteiger partial charge in [-0.25, -0.2) is 0 Å². The molecule has 1 amide bonds. The van der Waals surface area contributed by atoms with Crippen LogP contribution in [0.4, 0.5) is 0 Å². The molecule has 1 rings (SSSR count). The third-order valence-electron chi connectivity index (χ3n) is 2.84. The van der Waals surface area contributed by atoms with Crippen molar-refractivity contribution < 1.29 is 19.0 Å². The van der Waals surface area contributed by atoms with Crippen molar-refractivity contribution in [1.82, 2.24) is 4.90 Å². The van der Waals surface area contributed by atoms with Crippen molar-refractivity contribution in [2.75, 3.05) is 34.9 Å². The number of carbonyl (C=O) groups excluding carboxylic acids is 1. The van der Waals surface area contributed by atoms with Gasteiger partial charge in [-0.3, -0.25) is 4.79 Å². The fraction of sp³-hybridized carbons (Fsp3) is 0.500. The molecule has 0 bridgehead atoms. The van der Waals surface area contributed by atoms with E-state index in [0.717, 1.165) is 0 Å². The number of likely N-dealkylation sites (N-methyl/N-ethyl adjacent to an activating group) is 1. The van der Waals surface area contributed by atoms with E-state index in [1.165, 1.54) is 21.3 Å². The second-order valence-electron chi connectivity index (χ2n) is 4.57. The molecule has 0 aromatic heterocycles. The molecule has 0 saturated carbocycles. The molecule has 0 radical (unpaired) electrons. The molecule has 2 N–H and O–H groups in total. The van der Waals surface area contributed by atoms with Gasteiger partial charge in [0.25, 0.3) is 5.91 Å². The van der Waals surface area contributed by atoms with E-state index in [0.29, 0.717) is 29.4 Å². The standard InChI is InChI=1S/C14H22N2O4/c1-9(15)8-16(2)14(17)10-6-12(19-4)13(20-5)7-11(10)18-3/h6-7,9H,8,15H2,1-5H3. The fourth-order valence-corrected chi connectivity index (χ4v) is 1.92. The molecule has 112 valence electrons. The molecule has 1 atom stereocenters. The summed E-state index contributed by atoms with van der Waals surface area (Å²) in [5, 5.41) is 0. The summed E-state index contributed by atoms with van der Waals surface area (Å²) in [7, 11) is 6.25. The molecule has 6 heteroatoms. The predicted molar refractivity (Wildman–Crippen MR) is 76.7 cm³/mol. The maximum Gasteiger partial charge on any atom is 0.257 e. The highest BCUT2D eigenvalue weighted by molar-refractivity contribution is 5.97. The number of benzene rings is 1. The summed E-state index contributed by atoms with van der Waals surface area (Å²) in [6.07, 6.45) is 0. The summed E-state index contributed by atoms with van der Waals surface area (Å²) >= 11 is 0. The quantitative estimate of drug-likeness (QED) is 0.846. The van der Waals surface area contributed by atoms with Crippen molar-refractivity contribution in [3.63, 3.8) is 0 Å². The van der Waals surface area contributed by atoms with Crippen molar-refractivity contribution in [2.45, 2.75) is 13.0 Å². The van der Waals surface area contributed by atoms with Gasteiger partial charge in [-0.2, -0.15) is 0 Å². The first-order valence-electron chi connectivity index (χ1n) is 6.25. The van der Waals surface area contributed by atoms with Gasteiger partial charge in [0.2, 0.25) is 0 Å². The lowest BCUT2D eigenvalue weighted by Crippen LogP contribution is -2.37. The minimum atomic E-state index is -0.180. The lowest BCUT2D eigenvalue weighted by atomic mass is 10.1. The van der Waals surface area contributed by atoms with E-state index in [2.05, 4.69) is 0 Å². The average molecular weight is 282 g/mol. The van der Waals surface area contributed by atoms with Gasteiger partial charge in [0.15, 0.2) is 11.5 Å². The summed E-state index contributed by atoms with van der Waals surface area (Å²) in [5.41, 5.74) is 6.12. The molecule has 20 heavy (non-hydrogen) atoms. The van der Waals surface area contributed by atoms with Gasteiger partial charge in [-0.15, -0.1) is 0 Å². The Kier molecular flexibility index (Phi) is 5.64. The largest absolute Gasteiger partial charge is 0.496 e. The van der Waals surface area contributed by atoms with Crippen LogP contribution < -0.4 is 19.9 Å². The van der Waals surface area contributed by atoms with Crippen LogP contribution in [0, 0.1) is 0 Å². The molecule has 0 fully saturated rings. The Morgan fingerprint density at radius 3 is 2.10 bits per heavy atom. The highest BCUT2D eigenvalue weighted by Crippen LogP contribution is 2.35. The van der Waals surface area contributed by atoms with Crippen molar-refractivity contribution >= 4 is 5.91 Å². The number of carbonyl (C=O) groups is 1. The van der Waals surface area contributed by atoms with E-state index in [1.807, 2.05) is 6.92 Å². The molecule has 0 aliphatic heterocycles. The van der Waals surface area contributed by atoms with Crippen LogP contribution in [0.15, 0.2) is 12.1 Å². The molecule has 1 aromatic rings. The van der Waals surface area contributed by atoms with Crippen LogP contribution in [0.25, 0.3) is 0 Å². The highest BCUT2D eigenvalue weighted by atomic mass is 16.5. The Labute approximate surface area is 119 Å². The van der Waals surface area contributed by atoms with Crippen LogP contribution >= 0.6 is 0 Å². The Balaban J connectivity index is 3.18. The monoisotopic (exact) mass is 282 g/mol. The van der Waals surface area contributed by atoms with Crippen LogP contribution in [0.3, 0.4) is 0 Å². The second-order valence-corrected chi connectivity index (χ2v) is 4.57. The van der Waals surface area contributed by atoms with Gasteiger partial charge in [0.1, 0.15) is 5.75 Å². The molecule has 0 aliphatic rings. The summed E-state index contributed by atoms with van der Waals surface area (Å²) in [5.74, 6) is 1.24. The number of hydrogen-bond acceptors (Lipinski definition) is 5. The van der Waals surface area contributed by atoms with Gasteiger partial charge >= 0.3 is 0 Å². The first-order valence-corrected chi connectivity index (χ1v) is 6.25. The predicted octanol–water partition coefficient (Wildman–Crippen LogP) is 1.13. The second kappa shape index (κ2) is 7.00. The van der Waals surface area contributed by atoms with Crippen LogP contribution in [0.2, 0.25) is 0 Å². The molecule has 0 spiro atoms. The summed E-state index contributed by atoms with van der Waals surface area (Å²) in [6, 6.07) is 3.14. The van der Waals surface area contributed by atoms with Crippen molar-refractivity contribution in [3.05, 3.63) is 17.7 Å². The minimum Gasteiger partial charge on any atom is -0.496 e. The third kappa shape index (κ3) is 3.54. The zero-order valence-electron chi connectivity index (χ0n) is 12.6. The van der Waals surface area contributed by atoms with Crippen LogP contribution in [-0.2, 0) is 0 Å². The maximum absolute atomic E-state index is 12.4. The van der Waals surface area contributed by atoms with Crippen molar-refractivity contribution in [1.29, 1.82) is 0 Å². The van der Waals surface area contributed by atoms with E-state index in [1.54, 1.807) is 24.1 Å². The topological polar surface area (TPSA) is 74.0 Å². The van der Waals surface area contributed by atoms with Gasteiger partial charge in [0.05, 0.1) is 26.9 Å². The van der Waals surface area contributed by atoms with Gasteiger partial charge in [0, 0.05) is 31.8 Å². The Bertz CT molecular complexity index is 474. The molecule has 0 heterocycles. The smallest absolute Gasteiger partial charge is 0.257 e. The summed E-state index contributed by atoms with van der Waals surface area (Å²) < 4.78 is 15.6. The summed E-state index contributed by atoms with van der Waals surface area (Å²) in [4.78, 5) is 14.0. The Morgan fingerprint density at radius 1 is 1.15 bits per heavy atom. The first-order chi connectivity index (χ1) is 9.44. The Hall–Kier alpha value is -1.95. The zero-order chi connectivity index (χ0) is 15.3. The number of amides is 1. The number of rotatable bonds is 6. The Morgan fingerprint density at radius 2 is 1.65 bits per heavy atom. The first kappa shape index (κ1) is 16.1. The van der Waals surface area contributed by atoms with Crippen LogP contribution in [0.5, 0.6) is 17.2 Å². The number of hydrogen-bond donors (Lipinski definition) is 1. The molecule has 6 nitrogen and oxygen atoms in total. The summed E-state index contributed by atoms with van der Waals surface area (Å²) in [6.45, 7) is 2.30. The van der Waals surface area contributed by atoms with E-state index < -0.39 is 0 Å². The number of ether oxygens (including phenoxy) is 3. The minimum absolute atomic E-state index is 0.102. The lowest BCUT2D eigenvalue weighted by molar-refractivity contribution is 0.0785. The van der Waals surface area contributed by atoms with Crippen LogP contribution in [0.1, 0.15) is 17.3 Å². The lowest BCUT2D eigenvalue weighted by Gasteiger charge is -2.21. The number of nitrogens with zero attached hydrogens (tertiary/aromatic N) is 1.